The molecular formula is C27H29NO. The molecule has 0 aliphatic rings. The fraction of sp³-hybridized carbons (Fsp3) is 0.222. The first-order valence-electron chi connectivity index (χ1n) is 10.1. The van der Waals surface area contributed by atoms with Crippen LogP contribution in [0.2, 0.25) is 0 Å². The van der Waals surface area contributed by atoms with Crippen LogP contribution >= 0.6 is 0 Å². The van der Waals surface area contributed by atoms with Crippen molar-refractivity contribution in [1.29, 1.82) is 0 Å². The highest BCUT2D eigenvalue weighted by Gasteiger charge is 2.23. The first kappa shape index (κ1) is 20.6. The molecule has 0 heterocycles. The van der Waals surface area contributed by atoms with E-state index in [0.29, 0.717) is 13.0 Å². The van der Waals surface area contributed by atoms with Crippen LogP contribution in [-0.2, 0) is 16.6 Å². The lowest BCUT2D eigenvalue weighted by Crippen LogP contribution is -2.34. The molecule has 0 aliphatic carbocycles. The van der Waals surface area contributed by atoms with Gasteiger partial charge in [-0.1, -0.05) is 112 Å². The minimum Gasteiger partial charge on any atom is -0.308 e. The highest BCUT2D eigenvalue weighted by Crippen LogP contribution is 2.32. The summed E-state index contributed by atoms with van der Waals surface area (Å²) in [7, 11) is 0. The second-order valence-corrected chi connectivity index (χ2v) is 8.25. The second-order valence-electron chi connectivity index (χ2n) is 8.25. The van der Waals surface area contributed by atoms with Crippen LogP contribution in [0.3, 0.4) is 0 Å². The Hall–Kier alpha value is -3.13. The molecule has 3 aromatic carbocycles. The molecule has 0 unspecified atom stereocenters. The summed E-state index contributed by atoms with van der Waals surface area (Å²) in [6.45, 7) is 7.09. The average Bonchev–Trinajstić information content (AvgIpc) is 2.72. The minimum absolute atomic E-state index is 0.0506. The van der Waals surface area contributed by atoms with Crippen LogP contribution in [0.25, 0.3) is 6.08 Å². The monoisotopic (exact) mass is 383 g/mol. The molecule has 0 fully saturated rings. The van der Waals surface area contributed by atoms with Crippen LogP contribution in [0, 0.1) is 0 Å². The van der Waals surface area contributed by atoms with Gasteiger partial charge in [0.05, 0.1) is 6.42 Å². The van der Waals surface area contributed by atoms with Crippen molar-refractivity contribution in [3.8, 4) is 0 Å². The smallest absolute Gasteiger partial charge is 0.231 e. The molecule has 0 aromatic heterocycles. The lowest BCUT2D eigenvalue weighted by molar-refractivity contribution is -0.117. The van der Waals surface area contributed by atoms with Crippen LogP contribution in [0.4, 0.5) is 5.69 Å². The predicted octanol–water partition coefficient (Wildman–Crippen LogP) is 6.27. The summed E-state index contributed by atoms with van der Waals surface area (Å²) in [5.41, 5.74) is 4.27. The van der Waals surface area contributed by atoms with Gasteiger partial charge < -0.3 is 4.90 Å². The molecule has 1 amide bonds. The summed E-state index contributed by atoms with van der Waals surface area (Å²) in [6, 6.07) is 28.4. The van der Waals surface area contributed by atoms with Gasteiger partial charge in [-0.3, -0.25) is 4.79 Å². The van der Waals surface area contributed by atoms with Gasteiger partial charge in [0.25, 0.3) is 0 Å². The number of nitrogens with zero attached hydrogens (tertiary/aromatic N) is 1. The van der Waals surface area contributed by atoms with Gasteiger partial charge in [-0.25, -0.2) is 0 Å². The van der Waals surface area contributed by atoms with E-state index in [0.717, 1.165) is 16.8 Å². The molecule has 0 atom stereocenters. The molecule has 2 heteroatoms. The maximum Gasteiger partial charge on any atom is 0.231 e. The number of para-hydroxylation sites is 1. The van der Waals surface area contributed by atoms with Crippen molar-refractivity contribution in [1.82, 2.24) is 0 Å². The fourth-order valence-corrected chi connectivity index (χ4v) is 3.40. The summed E-state index contributed by atoms with van der Waals surface area (Å²) < 4.78 is 0. The third kappa shape index (κ3) is 5.68. The summed E-state index contributed by atoms with van der Waals surface area (Å²) >= 11 is 0. The maximum absolute atomic E-state index is 13.3. The van der Waals surface area contributed by atoms with Crippen LogP contribution in [0.1, 0.15) is 37.5 Å². The average molecular weight is 384 g/mol. The quantitative estimate of drug-likeness (QED) is 0.491. The SMILES string of the molecule is CC(C)(C)c1ccccc1N(C/C=C/c1ccccc1)C(=O)Cc1ccccc1. The summed E-state index contributed by atoms with van der Waals surface area (Å²) in [5.74, 6) is 0.102. The van der Waals surface area contributed by atoms with Gasteiger partial charge in [0.2, 0.25) is 5.91 Å². The zero-order chi connectivity index (χ0) is 20.7. The lowest BCUT2D eigenvalue weighted by atomic mass is 9.85. The van der Waals surface area contributed by atoms with E-state index in [-0.39, 0.29) is 11.3 Å². The third-order valence-electron chi connectivity index (χ3n) is 4.90. The van der Waals surface area contributed by atoms with Gasteiger partial charge >= 0.3 is 0 Å². The van der Waals surface area contributed by atoms with E-state index < -0.39 is 0 Å². The number of hydrogen-bond acceptors (Lipinski definition) is 1. The topological polar surface area (TPSA) is 20.3 Å². The van der Waals surface area contributed by atoms with E-state index in [4.69, 9.17) is 0 Å². The first-order valence-corrected chi connectivity index (χ1v) is 10.1. The Morgan fingerprint density at radius 2 is 1.41 bits per heavy atom. The Labute approximate surface area is 174 Å². The van der Waals surface area contributed by atoms with Crippen molar-refractivity contribution in [3.63, 3.8) is 0 Å². The van der Waals surface area contributed by atoms with E-state index in [2.05, 4.69) is 57.2 Å². The molecule has 0 aliphatic heterocycles. The van der Waals surface area contributed by atoms with E-state index in [1.54, 1.807) is 0 Å². The number of hydrogen-bond donors (Lipinski definition) is 0. The Kier molecular flexibility index (Phi) is 6.66. The summed E-state index contributed by atoms with van der Waals surface area (Å²) in [5, 5.41) is 0. The molecule has 0 saturated heterocycles. The number of benzene rings is 3. The van der Waals surface area contributed by atoms with Crippen molar-refractivity contribution < 1.29 is 4.79 Å². The Balaban J connectivity index is 1.91. The number of anilines is 1. The Morgan fingerprint density at radius 1 is 0.828 bits per heavy atom. The van der Waals surface area contributed by atoms with E-state index >= 15 is 0 Å². The van der Waals surface area contributed by atoms with Gasteiger partial charge in [0.15, 0.2) is 0 Å². The molecule has 3 rings (SSSR count). The van der Waals surface area contributed by atoms with Crippen LogP contribution in [-0.4, -0.2) is 12.5 Å². The molecule has 0 spiro atoms. The minimum atomic E-state index is -0.0506. The van der Waals surface area contributed by atoms with Crippen LogP contribution in [0.15, 0.2) is 91.0 Å². The molecule has 148 valence electrons. The number of rotatable bonds is 6. The Morgan fingerprint density at radius 3 is 2.07 bits per heavy atom. The molecule has 3 aromatic rings. The van der Waals surface area contributed by atoms with E-state index in [1.807, 2.05) is 65.6 Å². The Bertz CT molecular complexity index is 953. The van der Waals surface area contributed by atoms with Gasteiger partial charge in [0, 0.05) is 12.2 Å². The highest BCUT2D eigenvalue weighted by molar-refractivity contribution is 5.96. The molecule has 0 bridgehead atoms. The first-order chi connectivity index (χ1) is 13.9. The molecule has 0 N–H and O–H groups in total. The highest BCUT2D eigenvalue weighted by atomic mass is 16.2. The van der Waals surface area contributed by atoms with Crippen molar-refractivity contribution >= 4 is 17.7 Å². The normalized spacial score (nSPS) is 11.6. The van der Waals surface area contributed by atoms with Crippen molar-refractivity contribution in [2.24, 2.45) is 0 Å². The number of carbonyl (C=O) groups is 1. The van der Waals surface area contributed by atoms with E-state index in [9.17, 15) is 4.79 Å². The molecule has 2 nitrogen and oxygen atoms in total. The maximum atomic E-state index is 13.3. The largest absolute Gasteiger partial charge is 0.308 e. The van der Waals surface area contributed by atoms with Crippen LogP contribution in [0.5, 0.6) is 0 Å². The zero-order valence-electron chi connectivity index (χ0n) is 17.5. The van der Waals surface area contributed by atoms with Crippen molar-refractivity contribution in [3.05, 3.63) is 108 Å². The molecule has 0 radical (unpaired) electrons. The molecular weight excluding hydrogens is 354 g/mol. The van der Waals surface area contributed by atoms with Gasteiger partial charge in [-0.05, 0) is 28.2 Å². The zero-order valence-corrected chi connectivity index (χ0v) is 17.5. The number of amides is 1. The summed E-state index contributed by atoms with van der Waals surface area (Å²) in [4.78, 5) is 15.2. The van der Waals surface area contributed by atoms with Gasteiger partial charge in [0.1, 0.15) is 0 Å². The number of carbonyl (C=O) groups excluding carboxylic acids is 1. The van der Waals surface area contributed by atoms with Gasteiger partial charge in [-0.2, -0.15) is 0 Å². The van der Waals surface area contributed by atoms with Gasteiger partial charge in [-0.15, -0.1) is 0 Å². The van der Waals surface area contributed by atoms with Crippen molar-refractivity contribution in [2.75, 3.05) is 11.4 Å². The van der Waals surface area contributed by atoms with Crippen molar-refractivity contribution in [2.45, 2.75) is 32.6 Å². The third-order valence-corrected chi connectivity index (χ3v) is 4.90. The summed E-state index contributed by atoms with van der Waals surface area (Å²) in [6.07, 6.45) is 4.53. The standard InChI is InChI=1S/C27H29NO/c1-27(2,3)24-18-10-11-19-25(24)28(20-12-17-22-13-6-4-7-14-22)26(29)21-23-15-8-5-9-16-23/h4-19H,20-21H2,1-3H3/b17-12+. The molecule has 29 heavy (non-hydrogen) atoms. The molecule has 0 saturated carbocycles. The second kappa shape index (κ2) is 9.38. The van der Waals surface area contributed by atoms with E-state index in [1.165, 1.54) is 5.56 Å². The fourth-order valence-electron chi connectivity index (χ4n) is 3.40. The van der Waals surface area contributed by atoms with Crippen LogP contribution < -0.4 is 4.90 Å². The predicted molar refractivity (Wildman–Crippen MR) is 123 cm³/mol. The lowest BCUT2D eigenvalue weighted by Gasteiger charge is -2.29.